The lowest BCUT2D eigenvalue weighted by atomic mass is 9.86. The molecule has 0 bridgehead atoms. The number of carbonyl (C=O) groups excluding carboxylic acids is 1. The molecule has 3 aromatic rings. The number of rotatable bonds is 6. The number of hydrogen-bond acceptors (Lipinski definition) is 6. The highest BCUT2D eigenvalue weighted by Gasteiger charge is 2.24. The minimum absolute atomic E-state index is 0.0146. The van der Waals surface area contributed by atoms with Crippen molar-refractivity contribution in [3.63, 3.8) is 0 Å². The Labute approximate surface area is 190 Å². The molecule has 3 rings (SSSR count). The van der Waals surface area contributed by atoms with Crippen molar-refractivity contribution in [2.45, 2.75) is 43.5 Å². The first-order valence-electron chi connectivity index (χ1n) is 9.49. The lowest BCUT2D eigenvalue weighted by Crippen LogP contribution is -2.27. The van der Waals surface area contributed by atoms with Gasteiger partial charge in [0.05, 0.1) is 0 Å². The summed E-state index contributed by atoms with van der Waals surface area (Å²) in [7, 11) is -3.91. The van der Waals surface area contributed by atoms with E-state index in [-0.39, 0.29) is 14.9 Å². The van der Waals surface area contributed by atoms with Crippen molar-refractivity contribution >= 4 is 44.0 Å². The van der Waals surface area contributed by atoms with Crippen LogP contribution in [0.1, 0.15) is 55.2 Å². The second kappa shape index (κ2) is 9.04. The summed E-state index contributed by atoms with van der Waals surface area (Å²) >= 11 is 6.60. The van der Waals surface area contributed by atoms with Crippen LogP contribution in [-0.2, 0) is 15.4 Å². The van der Waals surface area contributed by atoms with Gasteiger partial charge in [-0.1, -0.05) is 68.0 Å². The number of benzene rings is 2. The molecular formula is C21H23ClN4O3S2. The molecule has 2 aromatic carbocycles. The van der Waals surface area contributed by atoms with Gasteiger partial charge in [0.1, 0.15) is 0 Å². The van der Waals surface area contributed by atoms with Crippen molar-refractivity contribution in [1.82, 2.24) is 14.9 Å². The van der Waals surface area contributed by atoms with Gasteiger partial charge in [-0.2, -0.15) is 0 Å². The number of nitrogens with zero attached hydrogens (tertiary/aromatic N) is 2. The van der Waals surface area contributed by atoms with Crippen LogP contribution in [-0.4, -0.2) is 24.5 Å². The fourth-order valence-electron chi connectivity index (χ4n) is 2.76. The predicted molar refractivity (Wildman–Crippen MR) is 123 cm³/mol. The number of hydrogen-bond donors (Lipinski definition) is 2. The third-order valence-electron chi connectivity index (χ3n) is 4.57. The molecule has 0 fully saturated rings. The summed E-state index contributed by atoms with van der Waals surface area (Å²) in [5, 5.41) is 10.6. The molecule has 10 heteroatoms. The van der Waals surface area contributed by atoms with Crippen molar-refractivity contribution in [1.29, 1.82) is 0 Å². The lowest BCUT2D eigenvalue weighted by Gasteiger charge is -2.20. The molecule has 164 valence electrons. The summed E-state index contributed by atoms with van der Waals surface area (Å²) in [6.45, 7) is 8.11. The largest absolute Gasteiger partial charge is 0.296 e. The van der Waals surface area contributed by atoms with Gasteiger partial charge in [-0.3, -0.25) is 10.1 Å². The van der Waals surface area contributed by atoms with Gasteiger partial charge in [-0.25, -0.2) is 13.1 Å². The molecule has 0 aliphatic rings. The summed E-state index contributed by atoms with van der Waals surface area (Å²) in [6.07, 6.45) is 0. The molecule has 0 aliphatic carbocycles. The highest BCUT2D eigenvalue weighted by atomic mass is 35.5. The summed E-state index contributed by atoms with van der Waals surface area (Å²) in [6, 6.07) is 13.6. The smallest absolute Gasteiger partial charge is 0.270 e. The number of aromatic nitrogens is 2. The molecule has 7 nitrogen and oxygen atoms in total. The molecular weight excluding hydrogens is 456 g/mol. The van der Waals surface area contributed by atoms with Crippen molar-refractivity contribution in [3.05, 3.63) is 70.2 Å². The van der Waals surface area contributed by atoms with E-state index in [1.165, 1.54) is 0 Å². The Kier molecular flexibility index (Phi) is 6.80. The van der Waals surface area contributed by atoms with Crippen LogP contribution in [0.25, 0.3) is 0 Å². The van der Waals surface area contributed by atoms with Crippen LogP contribution in [0.3, 0.4) is 0 Å². The van der Waals surface area contributed by atoms with E-state index in [1.807, 2.05) is 24.3 Å². The van der Waals surface area contributed by atoms with Gasteiger partial charge in [-0.05, 0) is 47.7 Å². The van der Waals surface area contributed by atoms with Gasteiger partial charge in [0.25, 0.3) is 15.9 Å². The molecule has 1 aromatic heterocycles. The van der Waals surface area contributed by atoms with E-state index in [2.05, 4.69) is 41.0 Å². The highest BCUT2D eigenvalue weighted by Crippen LogP contribution is 2.26. The molecule has 0 unspecified atom stereocenters. The van der Waals surface area contributed by atoms with Gasteiger partial charge in [0.15, 0.2) is 0 Å². The first-order chi connectivity index (χ1) is 14.5. The van der Waals surface area contributed by atoms with E-state index in [0.717, 1.165) is 22.5 Å². The molecule has 1 amide bonds. The maximum absolute atomic E-state index is 12.7. The number of carbonyl (C=O) groups is 1. The quantitative estimate of drug-likeness (QED) is 0.496. The Hall–Kier alpha value is -2.33. The maximum atomic E-state index is 12.7. The Bertz CT molecular complexity index is 1170. The highest BCUT2D eigenvalue weighted by molar-refractivity contribution is 7.91. The van der Waals surface area contributed by atoms with Crippen LogP contribution in [0.4, 0.5) is 5.13 Å². The zero-order valence-electron chi connectivity index (χ0n) is 17.5. The van der Waals surface area contributed by atoms with Crippen LogP contribution in [0.2, 0.25) is 5.02 Å². The fraction of sp³-hybridized carbons (Fsp3) is 0.286. The topological polar surface area (TPSA) is 101 Å². The molecule has 0 spiro atoms. The number of amides is 1. The van der Waals surface area contributed by atoms with Crippen molar-refractivity contribution in [2.24, 2.45) is 0 Å². The zero-order valence-corrected chi connectivity index (χ0v) is 19.9. The third kappa shape index (κ3) is 5.88. The monoisotopic (exact) mass is 478 g/mol. The van der Waals surface area contributed by atoms with E-state index in [9.17, 15) is 13.2 Å². The minimum atomic E-state index is -3.91. The summed E-state index contributed by atoms with van der Waals surface area (Å²) in [4.78, 5) is 12.3. The van der Waals surface area contributed by atoms with E-state index in [0.29, 0.717) is 10.6 Å². The van der Waals surface area contributed by atoms with E-state index >= 15 is 0 Å². The Morgan fingerprint density at radius 1 is 1.03 bits per heavy atom. The van der Waals surface area contributed by atoms with E-state index in [4.69, 9.17) is 11.6 Å². The van der Waals surface area contributed by atoms with Crippen molar-refractivity contribution in [2.75, 3.05) is 5.32 Å². The molecule has 1 atom stereocenters. The van der Waals surface area contributed by atoms with Crippen LogP contribution >= 0.6 is 22.9 Å². The molecule has 2 N–H and O–H groups in total. The van der Waals surface area contributed by atoms with Gasteiger partial charge in [0.2, 0.25) is 9.47 Å². The van der Waals surface area contributed by atoms with Crippen LogP contribution in [0.5, 0.6) is 0 Å². The first kappa shape index (κ1) is 23.3. The Morgan fingerprint density at radius 3 is 2.23 bits per heavy atom. The maximum Gasteiger partial charge on any atom is 0.270 e. The molecule has 0 radical (unpaired) electrons. The lowest BCUT2D eigenvalue weighted by molar-refractivity contribution is 0.102. The number of anilines is 1. The molecule has 31 heavy (non-hydrogen) atoms. The molecule has 0 saturated carbocycles. The normalized spacial score (nSPS) is 13.1. The number of sulfonamides is 1. The minimum Gasteiger partial charge on any atom is -0.296 e. The molecule has 0 aliphatic heterocycles. The number of nitrogens with one attached hydrogen (secondary N) is 2. The average molecular weight is 479 g/mol. The SMILES string of the molecule is C[C@H](NS(=O)(=O)c1nnc(NC(=O)c2ccc(Cl)cc2)s1)c1ccc(C(C)(C)C)cc1. The third-order valence-corrected chi connectivity index (χ3v) is 7.57. The Balaban J connectivity index is 1.69. The fourth-order valence-corrected chi connectivity index (χ4v) is 5.03. The van der Waals surface area contributed by atoms with Crippen LogP contribution < -0.4 is 10.0 Å². The second-order valence-corrected chi connectivity index (χ2v) is 11.4. The molecule has 1 heterocycles. The summed E-state index contributed by atoms with van der Waals surface area (Å²) in [5.41, 5.74) is 2.38. The van der Waals surface area contributed by atoms with Crippen molar-refractivity contribution < 1.29 is 13.2 Å². The average Bonchev–Trinajstić information content (AvgIpc) is 3.17. The Morgan fingerprint density at radius 2 is 1.65 bits per heavy atom. The van der Waals surface area contributed by atoms with Gasteiger partial charge < -0.3 is 0 Å². The van der Waals surface area contributed by atoms with E-state index < -0.39 is 22.0 Å². The van der Waals surface area contributed by atoms with Crippen LogP contribution in [0, 0.1) is 0 Å². The number of halogens is 1. The van der Waals surface area contributed by atoms with Crippen LogP contribution in [0.15, 0.2) is 52.9 Å². The first-order valence-corrected chi connectivity index (χ1v) is 12.2. The second-order valence-electron chi connectivity index (χ2n) is 8.05. The van der Waals surface area contributed by atoms with Gasteiger partial charge in [-0.15, -0.1) is 10.2 Å². The standard InChI is InChI=1S/C21H23ClN4O3S2/c1-13(14-5-9-16(10-6-14)21(2,3)4)26-31(28,29)20-25-24-19(30-20)23-18(27)15-7-11-17(22)12-8-15/h5-13,26H,1-4H3,(H,23,24,27)/t13-/m0/s1. The summed E-state index contributed by atoms with van der Waals surface area (Å²) in [5.74, 6) is -0.433. The van der Waals surface area contributed by atoms with Crippen molar-refractivity contribution in [3.8, 4) is 0 Å². The van der Waals surface area contributed by atoms with Gasteiger partial charge in [0, 0.05) is 16.6 Å². The zero-order chi connectivity index (χ0) is 22.8. The summed E-state index contributed by atoms with van der Waals surface area (Å²) < 4.78 is 27.8. The molecule has 0 saturated heterocycles. The predicted octanol–water partition coefficient (Wildman–Crippen LogP) is 4.78. The van der Waals surface area contributed by atoms with E-state index in [1.54, 1.807) is 31.2 Å². The van der Waals surface area contributed by atoms with Gasteiger partial charge >= 0.3 is 0 Å².